The van der Waals surface area contributed by atoms with E-state index in [1.807, 2.05) is 72.5 Å². The number of hydrogen-bond donors (Lipinski definition) is 1. The number of nitrogens with one attached hydrogen (secondary N) is 1. The van der Waals surface area contributed by atoms with Crippen LogP contribution in [0.3, 0.4) is 0 Å². The molecule has 0 radical (unpaired) electrons. The average Bonchev–Trinajstić information content (AvgIpc) is 2.69. The zero-order valence-electron chi connectivity index (χ0n) is 15.2. The van der Waals surface area contributed by atoms with Crippen LogP contribution in [0.25, 0.3) is 0 Å². The molecule has 0 saturated heterocycles. The highest BCUT2D eigenvalue weighted by Crippen LogP contribution is 2.38. The minimum Gasteiger partial charge on any atom is -0.313 e. The van der Waals surface area contributed by atoms with Crippen molar-refractivity contribution in [2.24, 2.45) is 0 Å². The maximum absolute atomic E-state index is 13.2. The maximum Gasteiger partial charge on any atom is 0.322 e. The van der Waals surface area contributed by atoms with Gasteiger partial charge in [0.2, 0.25) is 0 Å². The summed E-state index contributed by atoms with van der Waals surface area (Å²) in [6, 6.07) is 23.6. The lowest BCUT2D eigenvalue weighted by Gasteiger charge is -2.38. The molecule has 4 heteroatoms. The van der Waals surface area contributed by atoms with E-state index in [4.69, 9.17) is 11.6 Å². The van der Waals surface area contributed by atoms with E-state index in [1.54, 1.807) is 0 Å². The van der Waals surface area contributed by atoms with Crippen LogP contribution in [0.15, 0.2) is 72.8 Å². The molecular formula is C23H21ClN2O. The van der Waals surface area contributed by atoms with Crippen LogP contribution >= 0.6 is 11.6 Å². The number of fused-ring (bicyclic) bond motifs is 1. The molecule has 0 aliphatic carbocycles. The number of anilines is 1. The zero-order valence-corrected chi connectivity index (χ0v) is 15.9. The van der Waals surface area contributed by atoms with Crippen molar-refractivity contribution >= 4 is 23.3 Å². The Morgan fingerprint density at radius 2 is 1.63 bits per heavy atom. The maximum atomic E-state index is 13.2. The summed E-state index contributed by atoms with van der Waals surface area (Å²) in [4.78, 5) is 15.1. The smallest absolute Gasteiger partial charge is 0.313 e. The van der Waals surface area contributed by atoms with Gasteiger partial charge in [0, 0.05) is 17.3 Å². The van der Waals surface area contributed by atoms with Gasteiger partial charge in [-0.3, -0.25) is 0 Å². The van der Waals surface area contributed by atoms with Crippen molar-refractivity contribution in [3.8, 4) is 0 Å². The zero-order chi connectivity index (χ0) is 18.8. The number of para-hydroxylation sites is 1. The minimum atomic E-state index is -0.201. The first kappa shape index (κ1) is 17.6. The molecule has 0 unspecified atom stereocenters. The van der Waals surface area contributed by atoms with Crippen molar-refractivity contribution in [3.05, 3.63) is 100 Å². The van der Waals surface area contributed by atoms with Crippen molar-refractivity contribution in [2.75, 3.05) is 11.9 Å². The second-order valence-electron chi connectivity index (χ2n) is 6.81. The molecule has 1 aliphatic rings. The summed E-state index contributed by atoms with van der Waals surface area (Å²) in [6.07, 6.45) is 0.832. The summed E-state index contributed by atoms with van der Waals surface area (Å²) in [6.45, 7) is 2.64. The Kier molecular flexibility index (Phi) is 4.87. The topological polar surface area (TPSA) is 32.3 Å². The van der Waals surface area contributed by atoms with Crippen molar-refractivity contribution in [1.82, 2.24) is 4.90 Å². The van der Waals surface area contributed by atoms with E-state index in [-0.39, 0.29) is 12.1 Å². The van der Waals surface area contributed by atoms with Gasteiger partial charge in [-0.15, -0.1) is 0 Å². The number of hydrogen-bond acceptors (Lipinski definition) is 1. The van der Waals surface area contributed by atoms with E-state index in [2.05, 4.69) is 17.4 Å². The summed E-state index contributed by atoms with van der Waals surface area (Å²) >= 11 is 6.52. The van der Waals surface area contributed by atoms with Crippen LogP contribution < -0.4 is 5.32 Å². The number of carbonyl (C=O) groups excluding carboxylic acids is 1. The number of nitrogens with zero attached hydrogens (tertiary/aromatic N) is 1. The van der Waals surface area contributed by atoms with Gasteiger partial charge in [0.25, 0.3) is 0 Å². The van der Waals surface area contributed by atoms with Crippen LogP contribution in [-0.4, -0.2) is 17.5 Å². The predicted octanol–water partition coefficient (Wildman–Crippen LogP) is 5.83. The first-order valence-electron chi connectivity index (χ1n) is 9.10. The molecule has 3 aromatic rings. The van der Waals surface area contributed by atoms with Crippen LogP contribution in [0.1, 0.15) is 28.3 Å². The Bertz CT molecular complexity index is 985. The summed E-state index contributed by atoms with van der Waals surface area (Å²) in [5.74, 6) is 0. The number of halogens is 1. The van der Waals surface area contributed by atoms with Crippen molar-refractivity contribution < 1.29 is 4.79 Å². The Hall–Kier alpha value is -2.78. The summed E-state index contributed by atoms with van der Waals surface area (Å²) in [7, 11) is 0. The summed E-state index contributed by atoms with van der Waals surface area (Å²) in [5.41, 5.74) is 5.22. The van der Waals surface area contributed by atoms with E-state index in [1.165, 1.54) is 5.56 Å². The molecule has 27 heavy (non-hydrogen) atoms. The SMILES string of the molecule is Cc1ccccc1NC(=O)N1CCc2ccccc2[C@H]1c1ccccc1Cl. The number of aryl methyl sites for hydroxylation is 1. The highest BCUT2D eigenvalue weighted by atomic mass is 35.5. The van der Waals surface area contributed by atoms with Gasteiger partial charge < -0.3 is 10.2 Å². The third kappa shape index (κ3) is 3.43. The molecule has 1 atom stereocenters. The molecule has 1 heterocycles. The van der Waals surface area contributed by atoms with Gasteiger partial charge in [-0.25, -0.2) is 4.79 Å². The van der Waals surface area contributed by atoms with Crippen LogP contribution in [0.4, 0.5) is 10.5 Å². The fourth-order valence-corrected chi connectivity index (χ4v) is 3.96. The lowest BCUT2D eigenvalue weighted by molar-refractivity contribution is 0.194. The predicted molar refractivity (Wildman–Crippen MR) is 110 cm³/mol. The van der Waals surface area contributed by atoms with Gasteiger partial charge in [-0.1, -0.05) is 72.3 Å². The van der Waals surface area contributed by atoms with E-state index >= 15 is 0 Å². The van der Waals surface area contributed by atoms with E-state index < -0.39 is 0 Å². The fourth-order valence-electron chi connectivity index (χ4n) is 3.72. The molecule has 3 aromatic carbocycles. The molecule has 0 fully saturated rings. The van der Waals surface area contributed by atoms with E-state index in [0.717, 1.165) is 28.8 Å². The van der Waals surface area contributed by atoms with Gasteiger partial charge in [0.05, 0.1) is 6.04 Å². The van der Waals surface area contributed by atoms with Crippen molar-refractivity contribution in [1.29, 1.82) is 0 Å². The van der Waals surface area contributed by atoms with Crippen LogP contribution in [0, 0.1) is 6.92 Å². The number of urea groups is 1. The summed E-state index contributed by atoms with van der Waals surface area (Å²) in [5, 5.41) is 3.75. The van der Waals surface area contributed by atoms with Crippen LogP contribution in [0.2, 0.25) is 5.02 Å². The molecule has 1 aliphatic heterocycles. The fraction of sp³-hybridized carbons (Fsp3) is 0.174. The highest BCUT2D eigenvalue weighted by molar-refractivity contribution is 6.31. The largest absolute Gasteiger partial charge is 0.322 e. The van der Waals surface area contributed by atoms with Crippen molar-refractivity contribution in [3.63, 3.8) is 0 Å². The number of benzene rings is 3. The lowest BCUT2D eigenvalue weighted by atomic mass is 9.88. The standard InChI is InChI=1S/C23H21ClN2O/c1-16-8-2-7-13-21(16)25-23(27)26-15-14-17-9-3-4-10-18(17)22(26)19-11-5-6-12-20(19)24/h2-13,22H,14-15H2,1H3,(H,25,27)/t22-/m0/s1. The minimum absolute atomic E-state index is 0.108. The Morgan fingerprint density at radius 1 is 0.963 bits per heavy atom. The molecule has 1 N–H and O–H groups in total. The van der Waals surface area contributed by atoms with Crippen LogP contribution in [0.5, 0.6) is 0 Å². The van der Waals surface area contributed by atoms with E-state index in [0.29, 0.717) is 11.6 Å². The first-order chi connectivity index (χ1) is 13.1. The van der Waals surface area contributed by atoms with Gasteiger partial charge >= 0.3 is 6.03 Å². The van der Waals surface area contributed by atoms with Crippen LogP contribution in [-0.2, 0) is 6.42 Å². The average molecular weight is 377 g/mol. The van der Waals surface area contributed by atoms with E-state index in [9.17, 15) is 4.79 Å². The highest BCUT2D eigenvalue weighted by Gasteiger charge is 2.33. The normalized spacial score (nSPS) is 15.9. The third-order valence-corrected chi connectivity index (χ3v) is 5.47. The second kappa shape index (κ2) is 7.45. The monoisotopic (exact) mass is 376 g/mol. The Morgan fingerprint density at radius 3 is 2.41 bits per heavy atom. The van der Waals surface area contributed by atoms with Gasteiger partial charge in [-0.05, 0) is 47.7 Å². The molecule has 0 bridgehead atoms. The number of carbonyl (C=O) groups is 1. The number of rotatable bonds is 2. The molecule has 3 nitrogen and oxygen atoms in total. The second-order valence-corrected chi connectivity index (χ2v) is 7.22. The molecule has 0 spiro atoms. The lowest BCUT2D eigenvalue weighted by Crippen LogP contribution is -2.43. The first-order valence-corrected chi connectivity index (χ1v) is 9.48. The molecule has 0 aromatic heterocycles. The quantitative estimate of drug-likeness (QED) is 0.599. The molecule has 2 amide bonds. The molecule has 4 rings (SSSR count). The Balaban J connectivity index is 1.74. The third-order valence-electron chi connectivity index (χ3n) is 5.13. The molecular weight excluding hydrogens is 356 g/mol. The number of amides is 2. The Labute approximate surface area is 164 Å². The van der Waals surface area contributed by atoms with Crippen molar-refractivity contribution in [2.45, 2.75) is 19.4 Å². The van der Waals surface area contributed by atoms with Gasteiger partial charge in [0.15, 0.2) is 0 Å². The molecule has 0 saturated carbocycles. The molecule has 136 valence electrons. The van der Waals surface area contributed by atoms with Gasteiger partial charge in [0.1, 0.15) is 0 Å². The summed E-state index contributed by atoms with van der Waals surface area (Å²) < 4.78 is 0. The van der Waals surface area contributed by atoms with Gasteiger partial charge in [-0.2, -0.15) is 0 Å².